The van der Waals surface area contributed by atoms with Crippen molar-refractivity contribution in [1.29, 1.82) is 0 Å². The Labute approximate surface area is 156 Å². The first kappa shape index (κ1) is 17.1. The molecular formula is C20H22N4OS. The van der Waals surface area contributed by atoms with Crippen molar-refractivity contribution in [2.75, 3.05) is 13.1 Å². The van der Waals surface area contributed by atoms with E-state index in [1.807, 2.05) is 29.5 Å². The molecule has 0 aromatic carbocycles. The van der Waals surface area contributed by atoms with Crippen LogP contribution in [0.2, 0.25) is 0 Å². The predicted molar refractivity (Wildman–Crippen MR) is 104 cm³/mol. The van der Waals surface area contributed by atoms with Crippen LogP contribution in [0, 0.1) is 6.92 Å². The summed E-state index contributed by atoms with van der Waals surface area (Å²) >= 11 is 1.84. The summed E-state index contributed by atoms with van der Waals surface area (Å²) in [6.07, 6.45) is 3.78. The van der Waals surface area contributed by atoms with Gasteiger partial charge in [0.1, 0.15) is 5.69 Å². The largest absolute Gasteiger partial charge is 0.305 e. The normalized spacial score (nSPS) is 16.0. The molecule has 4 heterocycles. The van der Waals surface area contributed by atoms with Crippen LogP contribution in [0.3, 0.4) is 0 Å². The van der Waals surface area contributed by atoms with Crippen molar-refractivity contribution in [1.82, 2.24) is 19.9 Å². The maximum absolute atomic E-state index is 12.1. The Bertz CT molecular complexity index is 926. The van der Waals surface area contributed by atoms with E-state index >= 15 is 0 Å². The SMILES string of the molecule is Cc1ccsc1CN1CCC(c2cc(=O)[nH]c(-c3ccccn3)n2)CC1. The molecule has 1 N–H and O–H groups in total. The van der Waals surface area contributed by atoms with E-state index in [0.29, 0.717) is 17.4 Å². The number of piperidine rings is 1. The van der Waals surface area contributed by atoms with Crippen LogP contribution in [0.4, 0.5) is 0 Å². The zero-order chi connectivity index (χ0) is 17.9. The third-order valence-electron chi connectivity index (χ3n) is 5.01. The summed E-state index contributed by atoms with van der Waals surface area (Å²) in [4.78, 5) is 27.9. The van der Waals surface area contributed by atoms with Crippen molar-refractivity contribution in [3.63, 3.8) is 0 Å². The number of hydrogen-bond acceptors (Lipinski definition) is 5. The minimum absolute atomic E-state index is 0.104. The summed E-state index contributed by atoms with van der Waals surface area (Å²) in [6, 6.07) is 9.47. The number of aromatic nitrogens is 3. The van der Waals surface area contributed by atoms with Crippen LogP contribution in [0.5, 0.6) is 0 Å². The van der Waals surface area contributed by atoms with Gasteiger partial charge >= 0.3 is 0 Å². The summed E-state index contributed by atoms with van der Waals surface area (Å²) in [5, 5.41) is 2.16. The molecule has 0 spiro atoms. The van der Waals surface area contributed by atoms with E-state index in [4.69, 9.17) is 4.98 Å². The molecule has 6 heteroatoms. The number of aryl methyl sites for hydroxylation is 1. The van der Waals surface area contributed by atoms with Gasteiger partial charge in [0.25, 0.3) is 5.56 Å². The van der Waals surface area contributed by atoms with Crippen LogP contribution in [-0.4, -0.2) is 32.9 Å². The molecule has 1 aliphatic heterocycles. The lowest BCUT2D eigenvalue weighted by molar-refractivity contribution is 0.204. The molecule has 0 radical (unpaired) electrons. The van der Waals surface area contributed by atoms with Crippen LogP contribution in [-0.2, 0) is 6.54 Å². The zero-order valence-electron chi connectivity index (χ0n) is 14.8. The molecule has 1 fully saturated rings. The van der Waals surface area contributed by atoms with Gasteiger partial charge in [-0.15, -0.1) is 11.3 Å². The molecule has 0 atom stereocenters. The maximum Gasteiger partial charge on any atom is 0.251 e. The summed E-state index contributed by atoms with van der Waals surface area (Å²) < 4.78 is 0. The van der Waals surface area contributed by atoms with E-state index in [1.165, 1.54) is 10.4 Å². The van der Waals surface area contributed by atoms with Crippen molar-refractivity contribution in [2.24, 2.45) is 0 Å². The van der Waals surface area contributed by atoms with E-state index in [9.17, 15) is 4.79 Å². The Hall–Kier alpha value is -2.31. The molecular weight excluding hydrogens is 344 g/mol. The number of likely N-dealkylation sites (tertiary alicyclic amines) is 1. The molecule has 0 aliphatic carbocycles. The van der Waals surface area contributed by atoms with Crippen LogP contribution in [0.25, 0.3) is 11.5 Å². The Balaban J connectivity index is 1.47. The first-order valence-corrected chi connectivity index (χ1v) is 9.85. The van der Waals surface area contributed by atoms with Crippen LogP contribution in [0.1, 0.15) is 34.9 Å². The van der Waals surface area contributed by atoms with E-state index in [-0.39, 0.29) is 5.56 Å². The quantitative estimate of drug-likeness (QED) is 0.767. The second-order valence-electron chi connectivity index (χ2n) is 6.81. The minimum atomic E-state index is -0.104. The Morgan fingerprint density at radius 2 is 2.12 bits per heavy atom. The zero-order valence-corrected chi connectivity index (χ0v) is 15.6. The molecule has 0 amide bonds. The summed E-state index contributed by atoms with van der Waals surface area (Å²) in [5.74, 6) is 0.894. The number of aromatic amines is 1. The first-order chi connectivity index (χ1) is 12.7. The maximum atomic E-state index is 12.1. The van der Waals surface area contributed by atoms with Crippen LogP contribution < -0.4 is 5.56 Å². The molecule has 0 unspecified atom stereocenters. The van der Waals surface area contributed by atoms with Crippen LogP contribution >= 0.6 is 11.3 Å². The molecule has 26 heavy (non-hydrogen) atoms. The highest BCUT2D eigenvalue weighted by Crippen LogP contribution is 2.28. The summed E-state index contributed by atoms with van der Waals surface area (Å²) in [6.45, 7) is 5.28. The van der Waals surface area contributed by atoms with E-state index in [0.717, 1.165) is 38.2 Å². The monoisotopic (exact) mass is 366 g/mol. The Kier molecular flexibility index (Phi) is 4.95. The van der Waals surface area contributed by atoms with Gasteiger partial charge in [0.05, 0.1) is 5.69 Å². The highest BCUT2D eigenvalue weighted by molar-refractivity contribution is 7.10. The van der Waals surface area contributed by atoms with Gasteiger partial charge in [0.2, 0.25) is 0 Å². The Morgan fingerprint density at radius 1 is 1.27 bits per heavy atom. The lowest BCUT2D eigenvalue weighted by Gasteiger charge is -2.31. The molecule has 3 aromatic rings. The average Bonchev–Trinajstić information content (AvgIpc) is 3.07. The molecule has 134 valence electrons. The lowest BCUT2D eigenvalue weighted by Crippen LogP contribution is -2.33. The highest BCUT2D eigenvalue weighted by atomic mass is 32.1. The lowest BCUT2D eigenvalue weighted by atomic mass is 9.93. The third kappa shape index (κ3) is 3.76. The molecule has 4 rings (SSSR count). The predicted octanol–water partition coefficient (Wildman–Crippen LogP) is 3.58. The van der Waals surface area contributed by atoms with Gasteiger partial charge in [-0.2, -0.15) is 0 Å². The van der Waals surface area contributed by atoms with E-state index in [1.54, 1.807) is 12.3 Å². The third-order valence-corrected chi connectivity index (χ3v) is 6.02. The summed E-state index contributed by atoms with van der Waals surface area (Å²) in [5.41, 5.74) is 2.87. The van der Waals surface area contributed by atoms with Crippen molar-refractivity contribution < 1.29 is 0 Å². The molecule has 1 aliphatic rings. The summed E-state index contributed by atoms with van der Waals surface area (Å²) in [7, 11) is 0. The topological polar surface area (TPSA) is 61.9 Å². The molecule has 0 saturated carbocycles. The standard InChI is InChI=1S/C20H22N4OS/c1-14-7-11-26-18(14)13-24-9-5-15(6-10-24)17-12-19(25)23-20(22-17)16-4-2-3-8-21-16/h2-4,7-8,11-12,15H,5-6,9-10,13H2,1H3,(H,22,23,25). The molecule has 5 nitrogen and oxygen atoms in total. The number of nitrogens with zero attached hydrogens (tertiary/aromatic N) is 3. The second kappa shape index (κ2) is 7.51. The van der Waals surface area contributed by atoms with Gasteiger partial charge < -0.3 is 4.98 Å². The van der Waals surface area contributed by atoms with Gasteiger partial charge in [0, 0.05) is 29.6 Å². The van der Waals surface area contributed by atoms with Crippen molar-refractivity contribution in [3.8, 4) is 11.5 Å². The van der Waals surface area contributed by atoms with Crippen molar-refractivity contribution in [3.05, 3.63) is 68.4 Å². The molecule has 1 saturated heterocycles. The van der Waals surface area contributed by atoms with Gasteiger partial charge in [-0.05, 0) is 62.0 Å². The highest BCUT2D eigenvalue weighted by Gasteiger charge is 2.23. The number of pyridine rings is 1. The van der Waals surface area contributed by atoms with Crippen molar-refractivity contribution >= 4 is 11.3 Å². The smallest absolute Gasteiger partial charge is 0.251 e. The van der Waals surface area contributed by atoms with Gasteiger partial charge in [-0.25, -0.2) is 4.98 Å². The number of rotatable bonds is 4. The number of nitrogens with one attached hydrogen (secondary N) is 1. The molecule has 0 bridgehead atoms. The van der Waals surface area contributed by atoms with E-state index in [2.05, 4.69) is 33.2 Å². The fraction of sp³-hybridized carbons (Fsp3) is 0.350. The van der Waals surface area contributed by atoms with E-state index < -0.39 is 0 Å². The van der Waals surface area contributed by atoms with Crippen LogP contribution in [0.15, 0.2) is 46.7 Å². The second-order valence-corrected chi connectivity index (χ2v) is 7.81. The number of hydrogen-bond donors (Lipinski definition) is 1. The average molecular weight is 366 g/mol. The number of thiophene rings is 1. The van der Waals surface area contributed by atoms with Gasteiger partial charge in [-0.3, -0.25) is 14.7 Å². The Morgan fingerprint density at radius 3 is 2.81 bits per heavy atom. The first-order valence-electron chi connectivity index (χ1n) is 8.97. The number of H-pyrrole nitrogens is 1. The molecule has 3 aromatic heterocycles. The van der Waals surface area contributed by atoms with Crippen molar-refractivity contribution in [2.45, 2.75) is 32.2 Å². The van der Waals surface area contributed by atoms with Gasteiger partial charge in [-0.1, -0.05) is 6.07 Å². The van der Waals surface area contributed by atoms with Gasteiger partial charge in [0.15, 0.2) is 5.82 Å². The minimum Gasteiger partial charge on any atom is -0.305 e. The fourth-order valence-corrected chi connectivity index (χ4v) is 4.41. The fourth-order valence-electron chi connectivity index (χ4n) is 3.47.